The maximum absolute atomic E-state index is 6.04. The zero-order valence-electron chi connectivity index (χ0n) is 16.5. The molecule has 0 amide bonds. The summed E-state index contributed by atoms with van der Waals surface area (Å²) in [6, 6.07) is 18.4. The van der Waals surface area contributed by atoms with Gasteiger partial charge in [-0.3, -0.25) is 4.40 Å². The summed E-state index contributed by atoms with van der Waals surface area (Å²) in [5.74, 6) is 3.35. The highest BCUT2D eigenvalue weighted by molar-refractivity contribution is 5.86. The van der Waals surface area contributed by atoms with Gasteiger partial charge in [0.2, 0.25) is 0 Å². The average molecular weight is 384 g/mol. The van der Waals surface area contributed by atoms with Crippen molar-refractivity contribution in [1.29, 1.82) is 0 Å². The van der Waals surface area contributed by atoms with Gasteiger partial charge in [-0.15, -0.1) is 0 Å². The molecule has 1 N–H and O–H groups in total. The third-order valence-electron chi connectivity index (χ3n) is 5.64. The molecule has 5 rings (SSSR count). The van der Waals surface area contributed by atoms with Gasteiger partial charge in [-0.1, -0.05) is 48.9 Å². The number of nitrogens with one attached hydrogen (secondary N) is 1. The first-order chi connectivity index (χ1) is 14.3. The van der Waals surface area contributed by atoms with E-state index in [9.17, 15) is 0 Å². The van der Waals surface area contributed by atoms with Gasteiger partial charge < -0.3 is 10.1 Å². The Kier molecular flexibility index (Phi) is 4.64. The zero-order valence-corrected chi connectivity index (χ0v) is 16.5. The van der Waals surface area contributed by atoms with Gasteiger partial charge in [0, 0.05) is 30.9 Å². The van der Waals surface area contributed by atoms with Crippen LogP contribution in [-0.2, 0) is 6.61 Å². The van der Waals surface area contributed by atoms with Crippen LogP contribution in [0.2, 0.25) is 0 Å². The number of hydrogen-bond acceptors (Lipinski definition) is 4. The fraction of sp³-hybridized carbons (Fsp3) is 0.250. The van der Waals surface area contributed by atoms with Gasteiger partial charge in [0.1, 0.15) is 29.4 Å². The first kappa shape index (κ1) is 17.7. The van der Waals surface area contributed by atoms with Gasteiger partial charge in [0.05, 0.1) is 0 Å². The molecule has 2 aromatic heterocycles. The van der Waals surface area contributed by atoms with Crippen LogP contribution in [0, 0.1) is 0 Å². The molecule has 0 bridgehead atoms. The highest BCUT2D eigenvalue weighted by Crippen LogP contribution is 2.39. The molecular weight excluding hydrogens is 360 g/mol. The summed E-state index contributed by atoms with van der Waals surface area (Å²) >= 11 is 0. The molecule has 146 valence electrons. The van der Waals surface area contributed by atoms with Crippen molar-refractivity contribution in [1.82, 2.24) is 14.4 Å². The number of ether oxygens (including phenoxy) is 1. The van der Waals surface area contributed by atoms with Crippen LogP contribution in [-0.4, -0.2) is 21.4 Å². The molecule has 5 nitrogen and oxygen atoms in total. The fourth-order valence-electron chi connectivity index (χ4n) is 3.88. The van der Waals surface area contributed by atoms with E-state index in [0.717, 1.165) is 39.7 Å². The summed E-state index contributed by atoms with van der Waals surface area (Å²) in [7, 11) is 1.90. The third-order valence-corrected chi connectivity index (χ3v) is 5.64. The van der Waals surface area contributed by atoms with E-state index in [1.165, 1.54) is 19.3 Å². The minimum atomic E-state index is 0.529. The third kappa shape index (κ3) is 3.33. The van der Waals surface area contributed by atoms with Gasteiger partial charge in [-0.2, -0.15) is 0 Å². The van der Waals surface area contributed by atoms with E-state index in [0.29, 0.717) is 12.5 Å². The average Bonchev–Trinajstić information content (AvgIpc) is 3.11. The van der Waals surface area contributed by atoms with E-state index in [1.807, 2.05) is 49.8 Å². The number of nitrogens with zero attached hydrogens (tertiary/aromatic N) is 3. The Morgan fingerprint density at radius 2 is 1.97 bits per heavy atom. The number of rotatable bonds is 6. The number of anilines is 1. The zero-order chi connectivity index (χ0) is 19.6. The molecule has 0 saturated heterocycles. The summed E-state index contributed by atoms with van der Waals surface area (Å²) < 4.78 is 8.25. The van der Waals surface area contributed by atoms with Crippen LogP contribution < -0.4 is 10.1 Å². The van der Waals surface area contributed by atoms with Gasteiger partial charge >= 0.3 is 0 Å². The number of imidazole rings is 1. The van der Waals surface area contributed by atoms with Crippen molar-refractivity contribution in [2.75, 3.05) is 12.4 Å². The Hall–Kier alpha value is -3.34. The lowest BCUT2D eigenvalue weighted by atomic mass is 9.85. The number of aromatic nitrogens is 3. The number of hydrogen-bond donors (Lipinski definition) is 1. The second-order valence-corrected chi connectivity index (χ2v) is 7.49. The van der Waals surface area contributed by atoms with Crippen molar-refractivity contribution in [2.24, 2.45) is 0 Å². The predicted molar refractivity (Wildman–Crippen MR) is 115 cm³/mol. The summed E-state index contributed by atoms with van der Waals surface area (Å²) in [5, 5.41) is 3.23. The maximum Gasteiger partial charge on any atom is 0.152 e. The molecule has 2 heterocycles. The maximum atomic E-state index is 6.04. The van der Waals surface area contributed by atoms with Crippen molar-refractivity contribution in [3.05, 3.63) is 78.4 Å². The lowest BCUT2D eigenvalue weighted by molar-refractivity contribution is 0.306. The molecule has 1 aliphatic carbocycles. The molecule has 0 aliphatic heterocycles. The highest BCUT2D eigenvalue weighted by atomic mass is 16.5. The minimum Gasteiger partial charge on any atom is -0.489 e. The van der Waals surface area contributed by atoms with Gasteiger partial charge in [0.25, 0.3) is 0 Å². The van der Waals surface area contributed by atoms with Crippen LogP contribution in [0.15, 0.2) is 67.0 Å². The van der Waals surface area contributed by atoms with Crippen LogP contribution >= 0.6 is 0 Å². The van der Waals surface area contributed by atoms with Crippen molar-refractivity contribution in [3.8, 4) is 17.0 Å². The summed E-state index contributed by atoms with van der Waals surface area (Å²) in [4.78, 5) is 9.60. The van der Waals surface area contributed by atoms with E-state index >= 15 is 0 Å². The highest BCUT2D eigenvalue weighted by Gasteiger charge is 2.27. The fourth-order valence-corrected chi connectivity index (χ4v) is 3.88. The molecule has 2 aromatic carbocycles. The van der Waals surface area contributed by atoms with Crippen LogP contribution in [0.3, 0.4) is 0 Å². The Bertz CT molecular complexity index is 1130. The quantitative estimate of drug-likeness (QED) is 0.491. The summed E-state index contributed by atoms with van der Waals surface area (Å²) in [6.07, 6.45) is 7.55. The molecule has 0 spiro atoms. The largest absolute Gasteiger partial charge is 0.489 e. The van der Waals surface area contributed by atoms with E-state index < -0.39 is 0 Å². The van der Waals surface area contributed by atoms with Gasteiger partial charge in [-0.05, 0) is 30.5 Å². The molecular formula is C24H24N4O. The van der Waals surface area contributed by atoms with Crippen molar-refractivity contribution in [3.63, 3.8) is 0 Å². The standard InChI is InChI=1S/C24H24N4O/c1-25-23-22-21(27-24(18-9-5-10-18)28(22)14-13-26-23)19-11-6-12-20(15-19)29-16-17-7-3-2-4-8-17/h2-4,6-8,11-15,18H,5,9-10,16H2,1H3,(H,25,26). The predicted octanol–water partition coefficient (Wildman–Crippen LogP) is 5.28. The number of benzene rings is 2. The number of fused-ring (bicyclic) bond motifs is 1. The second kappa shape index (κ2) is 7.59. The summed E-state index contributed by atoms with van der Waals surface area (Å²) in [6.45, 7) is 0.547. The van der Waals surface area contributed by atoms with Crippen LogP contribution in [0.5, 0.6) is 5.75 Å². The van der Waals surface area contributed by atoms with E-state index in [2.05, 4.69) is 39.0 Å². The first-order valence-corrected chi connectivity index (χ1v) is 10.2. The van der Waals surface area contributed by atoms with Crippen molar-refractivity contribution < 1.29 is 4.74 Å². The van der Waals surface area contributed by atoms with E-state index in [-0.39, 0.29) is 0 Å². The first-order valence-electron chi connectivity index (χ1n) is 10.2. The molecule has 0 unspecified atom stereocenters. The van der Waals surface area contributed by atoms with Crippen molar-refractivity contribution in [2.45, 2.75) is 31.8 Å². The Morgan fingerprint density at radius 1 is 1.10 bits per heavy atom. The topological polar surface area (TPSA) is 51.5 Å². The minimum absolute atomic E-state index is 0.529. The molecule has 29 heavy (non-hydrogen) atoms. The molecule has 1 saturated carbocycles. The lowest BCUT2D eigenvalue weighted by Gasteiger charge is -2.23. The van der Waals surface area contributed by atoms with Crippen LogP contribution in [0.25, 0.3) is 16.8 Å². The Balaban J connectivity index is 1.53. The smallest absolute Gasteiger partial charge is 0.152 e. The molecule has 5 heteroatoms. The molecule has 4 aromatic rings. The Labute approximate surface area is 170 Å². The Morgan fingerprint density at radius 3 is 2.72 bits per heavy atom. The van der Waals surface area contributed by atoms with Gasteiger partial charge in [0.15, 0.2) is 5.82 Å². The molecule has 1 aliphatic rings. The van der Waals surface area contributed by atoms with E-state index in [4.69, 9.17) is 9.72 Å². The molecule has 1 fully saturated rings. The second-order valence-electron chi connectivity index (χ2n) is 7.49. The van der Waals surface area contributed by atoms with Crippen LogP contribution in [0.4, 0.5) is 5.82 Å². The lowest BCUT2D eigenvalue weighted by Crippen LogP contribution is -2.12. The van der Waals surface area contributed by atoms with E-state index in [1.54, 1.807) is 0 Å². The SMILES string of the molecule is CNc1nccn2c(C3CCC3)nc(-c3cccc(OCc4ccccc4)c3)c12. The van der Waals surface area contributed by atoms with Gasteiger partial charge in [-0.25, -0.2) is 9.97 Å². The van der Waals surface area contributed by atoms with Crippen molar-refractivity contribution >= 4 is 11.3 Å². The molecule has 0 radical (unpaired) electrons. The normalized spacial score (nSPS) is 14.0. The monoisotopic (exact) mass is 384 g/mol. The summed E-state index contributed by atoms with van der Waals surface area (Å²) in [5.41, 5.74) is 4.18. The molecule has 0 atom stereocenters. The van der Waals surface area contributed by atoms with Crippen LogP contribution in [0.1, 0.15) is 36.6 Å².